The van der Waals surface area contributed by atoms with Gasteiger partial charge in [0, 0.05) is 17.8 Å². The number of pyridine rings is 1. The third-order valence-corrected chi connectivity index (χ3v) is 2.82. The summed E-state index contributed by atoms with van der Waals surface area (Å²) in [6, 6.07) is 12.0. The number of benzene rings is 1. The van der Waals surface area contributed by atoms with Gasteiger partial charge >= 0.3 is 5.97 Å². The molecule has 1 N–H and O–H groups in total. The van der Waals surface area contributed by atoms with Gasteiger partial charge in [-0.25, -0.2) is 9.78 Å². The second kappa shape index (κ2) is 7.40. The standard InChI is InChI=1S/C15H13ClN2O3/c16-12-5-3-4-11(8-12)9-18-14(19)10-21-15(20)13-6-1-2-7-17-13/h1-8H,9-10H2,(H,18,19). The molecule has 1 aromatic carbocycles. The molecule has 5 nitrogen and oxygen atoms in total. The quantitative estimate of drug-likeness (QED) is 0.860. The Kier molecular flexibility index (Phi) is 5.29. The zero-order valence-corrected chi connectivity index (χ0v) is 11.8. The molecule has 0 fully saturated rings. The lowest BCUT2D eigenvalue weighted by atomic mass is 10.2. The summed E-state index contributed by atoms with van der Waals surface area (Å²) in [5.74, 6) is -1.02. The van der Waals surface area contributed by atoms with E-state index in [1.54, 1.807) is 30.3 Å². The van der Waals surface area contributed by atoms with Gasteiger partial charge in [-0.2, -0.15) is 0 Å². The van der Waals surface area contributed by atoms with E-state index in [1.165, 1.54) is 12.3 Å². The van der Waals surface area contributed by atoms with Gasteiger partial charge in [0.1, 0.15) is 5.69 Å². The van der Waals surface area contributed by atoms with Gasteiger partial charge in [-0.15, -0.1) is 0 Å². The maximum Gasteiger partial charge on any atom is 0.357 e. The van der Waals surface area contributed by atoms with Crippen LogP contribution in [0, 0.1) is 0 Å². The zero-order valence-electron chi connectivity index (χ0n) is 11.1. The number of esters is 1. The number of carbonyl (C=O) groups is 2. The lowest BCUT2D eigenvalue weighted by Crippen LogP contribution is -2.28. The van der Waals surface area contributed by atoms with Crippen molar-refractivity contribution < 1.29 is 14.3 Å². The van der Waals surface area contributed by atoms with Crippen molar-refractivity contribution in [2.24, 2.45) is 0 Å². The molecule has 2 aromatic rings. The fourth-order valence-corrected chi connectivity index (χ4v) is 1.80. The maximum absolute atomic E-state index is 11.6. The lowest BCUT2D eigenvalue weighted by molar-refractivity contribution is -0.124. The summed E-state index contributed by atoms with van der Waals surface area (Å²) in [4.78, 5) is 27.0. The molecule has 6 heteroatoms. The number of rotatable bonds is 5. The van der Waals surface area contributed by atoms with Crippen LogP contribution in [0.5, 0.6) is 0 Å². The van der Waals surface area contributed by atoms with Crippen molar-refractivity contribution >= 4 is 23.5 Å². The van der Waals surface area contributed by atoms with Crippen molar-refractivity contribution in [1.29, 1.82) is 0 Å². The smallest absolute Gasteiger partial charge is 0.357 e. The fraction of sp³-hybridized carbons (Fsp3) is 0.133. The molecule has 0 aliphatic rings. The van der Waals surface area contributed by atoms with E-state index >= 15 is 0 Å². The third kappa shape index (κ3) is 4.89. The van der Waals surface area contributed by atoms with E-state index in [2.05, 4.69) is 10.3 Å². The predicted molar refractivity (Wildman–Crippen MR) is 77.8 cm³/mol. The zero-order chi connectivity index (χ0) is 15.1. The molecule has 0 atom stereocenters. The first-order valence-electron chi connectivity index (χ1n) is 6.24. The Morgan fingerprint density at radius 2 is 2.05 bits per heavy atom. The molecule has 0 saturated carbocycles. The Balaban J connectivity index is 1.76. The van der Waals surface area contributed by atoms with Gasteiger partial charge in [0.05, 0.1) is 0 Å². The Bertz CT molecular complexity index is 632. The van der Waals surface area contributed by atoms with E-state index in [9.17, 15) is 9.59 Å². The van der Waals surface area contributed by atoms with Crippen LogP contribution >= 0.6 is 11.6 Å². The summed E-state index contributed by atoms with van der Waals surface area (Å²) in [6.07, 6.45) is 1.48. The van der Waals surface area contributed by atoms with Crippen molar-refractivity contribution in [2.45, 2.75) is 6.54 Å². The van der Waals surface area contributed by atoms with E-state index < -0.39 is 5.97 Å². The summed E-state index contributed by atoms with van der Waals surface area (Å²) in [7, 11) is 0. The number of carbonyl (C=O) groups excluding carboxylic acids is 2. The predicted octanol–water partition coefficient (Wildman–Crippen LogP) is 2.21. The number of aromatic nitrogens is 1. The first-order chi connectivity index (χ1) is 10.1. The normalized spacial score (nSPS) is 9.95. The third-order valence-electron chi connectivity index (χ3n) is 2.59. The number of amides is 1. The van der Waals surface area contributed by atoms with Crippen LogP contribution in [0.3, 0.4) is 0 Å². The number of hydrogen-bond acceptors (Lipinski definition) is 4. The molecule has 1 amide bonds. The van der Waals surface area contributed by atoms with E-state index in [0.717, 1.165) is 5.56 Å². The van der Waals surface area contributed by atoms with Gasteiger partial charge in [-0.3, -0.25) is 4.79 Å². The van der Waals surface area contributed by atoms with Crippen LogP contribution in [0.1, 0.15) is 16.1 Å². The van der Waals surface area contributed by atoms with Crippen LogP contribution in [-0.2, 0) is 16.1 Å². The minimum Gasteiger partial charge on any atom is -0.451 e. The first-order valence-corrected chi connectivity index (χ1v) is 6.62. The molecule has 0 saturated heterocycles. The van der Waals surface area contributed by atoms with Crippen molar-refractivity contribution in [3.8, 4) is 0 Å². The average molecular weight is 305 g/mol. The highest BCUT2D eigenvalue weighted by Gasteiger charge is 2.10. The molecule has 0 aliphatic heterocycles. The molecular weight excluding hydrogens is 292 g/mol. The van der Waals surface area contributed by atoms with Crippen LogP contribution in [-0.4, -0.2) is 23.5 Å². The second-order valence-corrected chi connectivity index (χ2v) is 4.63. The van der Waals surface area contributed by atoms with E-state index in [-0.39, 0.29) is 18.2 Å². The number of halogens is 1. The summed E-state index contributed by atoms with van der Waals surface area (Å²) in [6.45, 7) is -0.0312. The largest absolute Gasteiger partial charge is 0.451 e. The summed E-state index contributed by atoms with van der Waals surface area (Å²) in [5.41, 5.74) is 1.03. The molecule has 2 rings (SSSR count). The molecule has 0 aliphatic carbocycles. The summed E-state index contributed by atoms with van der Waals surface area (Å²) >= 11 is 5.84. The van der Waals surface area contributed by atoms with Crippen LogP contribution < -0.4 is 5.32 Å². The average Bonchev–Trinajstić information content (AvgIpc) is 2.51. The summed E-state index contributed by atoms with van der Waals surface area (Å²) < 4.78 is 4.86. The first kappa shape index (κ1) is 15.0. The van der Waals surface area contributed by atoms with Gasteiger partial charge in [0.2, 0.25) is 0 Å². The van der Waals surface area contributed by atoms with Gasteiger partial charge in [0.15, 0.2) is 6.61 Å². The van der Waals surface area contributed by atoms with Crippen molar-refractivity contribution in [3.05, 3.63) is 64.9 Å². The highest BCUT2D eigenvalue weighted by Crippen LogP contribution is 2.10. The van der Waals surface area contributed by atoms with Crippen LogP contribution in [0.4, 0.5) is 0 Å². The van der Waals surface area contributed by atoms with Crippen LogP contribution in [0.15, 0.2) is 48.7 Å². The highest BCUT2D eigenvalue weighted by molar-refractivity contribution is 6.30. The summed E-state index contributed by atoms with van der Waals surface area (Å²) in [5, 5.41) is 3.24. The van der Waals surface area contributed by atoms with Gasteiger partial charge in [-0.05, 0) is 29.8 Å². The number of nitrogens with one attached hydrogen (secondary N) is 1. The SMILES string of the molecule is O=C(COC(=O)c1ccccn1)NCc1cccc(Cl)c1. The second-order valence-electron chi connectivity index (χ2n) is 4.20. The van der Waals surface area contributed by atoms with Gasteiger partial charge < -0.3 is 10.1 Å². The molecular formula is C15H13ClN2O3. The number of hydrogen-bond donors (Lipinski definition) is 1. The Labute approximate surface area is 126 Å². The number of ether oxygens (including phenoxy) is 1. The van der Waals surface area contributed by atoms with Gasteiger partial charge in [0.25, 0.3) is 5.91 Å². The highest BCUT2D eigenvalue weighted by atomic mass is 35.5. The van der Waals surface area contributed by atoms with Crippen molar-refractivity contribution in [3.63, 3.8) is 0 Å². The van der Waals surface area contributed by atoms with E-state index in [4.69, 9.17) is 16.3 Å². The van der Waals surface area contributed by atoms with Crippen molar-refractivity contribution in [1.82, 2.24) is 10.3 Å². The van der Waals surface area contributed by atoms with Crippen LogP contribution in [0.2, 0.25) is 5.02 Å². The van der Waals surface area contributed by atoms with E-state index in [1.807, 2.05) is 6.07 Å². The minimum atomic E-state index is -0.631. The molecule has 108 valence electrons. The molecule has 1 heterocycles. The van der Waals surface area contributed by atoms with Crippen LogP contribution in [0.25, 0.3) is 0 Å². The lowest BCUT2D eigenvalue weighted by Gasteiger charge is -2.06. The van der Waals surface area contributed by atoms with E-state index in [0.29, 0.717) is 11.6 Å². The van der Waals surface area contributed by atoms with Gasteiger partial charge in [-0.1, -0.05) is 29.8 Å². The number of nitrogens with zero attached hydrogens (tertiary/aromatic N) is 1. The maximum atomic E-state index is 11.6. The molecule has 0 spiro atoms. The minimum absolute atomic E-state index is 0.167. The molecule has 0 unspecified atom stereocenters. The molecule has 0 radical (unpaired) electrons. The Morgan fingerprint density at radius 1 is 1.19 bits per heavy atom. The molecule has 0 bridgehead atoms. The molecule has 1 aromatic heterocycles. The topological polar surface area (TPSA) is 68.3 Å². The molecule has 21 heavy (non-hydrogen) atoms. The monoisotopic (exact) mass is 304 g/mol. The van der Waals surface area contributed by atoms with Crippen molar-refractivity contribution in [2.75, 3.05) is 6.61 Å². The Hall–Kier alpha value is -2.40. The Morgan fingerprint density at radius 3 is 2.76 bits per heavy atom. The fourth-order valence-electron chi connectivity index (χ4n) is 1.59.